The van der Waals surface area contributed by atoms with Crippen molar-refractivity contribution in [2.75, 3.05) is 12.3 Å². The molecule has 0 fully saturated rings. The van der Waals surface area contributed by atoms with Gasteiger partial charge in [-0.15, -0.1) is 0 Å². The Morgan fingerprint density at radius 1 is 1.42 bits per heavy atom. The van der Waals surface area contributed by atoms with Gasteiger partial charge in [0.15, 0.2) is 5.16 Å². The smallest absolute Gasteiger partial charge is 0.251 e. The van der Waals surface area contributed by atoms with E-state index in [1.807, 2.05) is 19.1 Å². The quantitative estimate of drug-likeness (QED) is 0.647. The molecule has 2 aromatic rings. The molecule has 0 aliphatic rings. The molecule has 100 valence electrons. The summed E-state index contributed by atoms with van der Waals surface area (Å²) in [4.78, 5) is 18.8. The summed E-state index contributed by atoms with van der Waals surface area (Å²) in [6.45, 7) is 2.66. The first-order valence-electron chi connectivity index (χ1n) is 5.94. The van der Waals surface area contributed by atoms with Crippen LogP contribution in [0, 0.1) is 0 Å². The van der Waals surface area contributed by atoms with Crippen LogP contribution in [0.1, 0.15) is 13.3 Å². The molecule has 0 aliphatic carbocycles. The van der Waals surface area contributed by atoms with E-state index in [9.17, 15) is 4.79 Å². The molecule has 19 heavy (non-hydrogen) atoms. The molecule has 6 heteroatoms. The first kappa shape index (κ1) is 13.5. The average molecular weight is 277 g/mol. The number of hydrogen-bond donors (Lipinski definition) is 2. The molecule has 1 aromatic heterocycles. The molecule has 0 aliphatic heterocycles. The Balaban J connectivity index is 2.18. The van der Waals surface area contributed by atoms with Crippen molar-refractivity contribution in [2.45, 2.75) is 23.4 Å². The lowest BCUT2D eigenvalue weighted by Crippen LogP contribution is -2.05. The molecule has 0 saturated heterocycles. The first-order chi connectivity index (χ1) is 9.19. The summed E-state index contributed by atoms with van der Waals surface area (Å²) < 4.78 is 5.56. The highest BCUT2D eigenvalue weighted by molar-refractivity contribution is 7.99. The molecule has 0 amide bonds. The highest BCUT2D eigenvalue weighted by Gasteiger charge is 2.05. The van der Waals surface area contributed by atoms with Gasteiger partial charge in [0, 0.05) is 17.2 Å². The van der Waals surface area contributed by atoms with Gasteiger partial charge in [0.25, 0.3) is 5.56 Å². The van der Waals surface area contributed by atoms with Crippen LogP contribution in [0.3, 0.4) is 0 Å². The number of aromatic amines is 1. The van der Waals surface area contributed by atoms with E-state index in [0.717, 1.165) is 11.3 Å². The van der Waals surface area contributed by atoms with Crippen molar-refractivity contribution in [1.29, 1.82) is 0 Å². The van der Waals surface area contributed by atoms with Crippen molar-refractivity contribution in [3.8, 4) is 5.75 Å². The normalized spacial score (nSPS) is 10.4. The van der Waals surface area contributed by atoms with Gasteiger partial charge in [-0.05, 0) is 24.6 Å². The Hall–Kier alpha value is -1.95. The number of nitrogens with zero attached hydrogens (tertiary/aromatic N) is 1. The topological polar surface area (TPSA) is 81.0 Å². The second-order valence-electron chi connectivity index (χ2n) is 3.89. The van der Waals surface area contributed by atoms with Gasteiger partial charge in [-0.2, -0.15) is 0 Å². The van der Waals surface area contributed by atoms with Gasteiger partial charge in [0.2, 0.25) is 0 Å². The van der Waals surface area contributed by atoms with Crippen molar-refractivity contribution in [3.63, 3.8) is 0 Å². The Bertz CT molecular complexity index is 613. The van der Waals surface area contributed by atoms with Crippen LogP contribution in [0.4, 0.5) is 5.69 Å². The molecule has 3 N–H and O–H groups in total. The summed E-state index contributed by atoms with van der Waals surface area (Å²) in [6.07, 6.45) is 2.40. The monoisotopic (exact) mass is 277 g/mol. The zero-order valence-electron chi connectivity index (χ0n) is 10.6. The van der Waals surface area contributed by atoms with E-state index in [1.54, 1.807) is 6.07 Å². The van der Waals surface area contributed by atoms with Gasteiger partial charge in [0.1, 0.15) is 5.75 Å². The van der Waals surface area contributed by atoms with Crippen LogP contribution in [0.2, 0.25) is 0 Å². The Labute approximate surface area is 115 Å². The molecule has 5 nitrogen and oxygen atoms in total. The van der Waals surface area contributed by atoms with Crippen LogP contribution in [0.15, 0.2) is 45.3 Å². The lowest BCUT2D eigenvalue weighted by atomic mass is 10.3. The van der Waals surface area contributed by atoms with E-state index >= 15 is 0 Å². The van der Waals surface area contributed by atoms with Crippen molar-refractivity contribution in [2.24, 2.45) is 0 Å². The molecular formula is C13H15N3O2S. The third-order valence-corrected chi connectivity index (χ3v) is 3.20. The number of nitrogen functional groups attached to an aromatic ring is 1. The minimum atomic E-state index is -0.171. The van der Waals surface area contributed by atoms with Crippen molar-refractivity contribution < 1.29 is 4.74 Å². The largest absolute Gasteiger partial charge is 0.491 e. The number of H-pyrrole nitrogens is 1. The molecule has 0 atom stereocenters. The van der Waals surface area contributed by atoms with E-state index in [4.69, 9.17) is 10.5 Å². The van der Waals surface area contributed by atoms with Crippen molar-refractivity contribution >= 4 is 17.4 Å². The number of anilines is 1. The van der Waals surface area contributed by atoms with E-state index in [-0.39, 0.29) is 5.56 Å². The maximum absolute atomic E-state index is 11.2. The second kappa shape index (κ2) is 6.29. The van der Waals surface area contributed by atoms with Crippen molar-refractivity contribution in [3.05, 3.63) is 40.8 Å². The molecule has 0 spiro atoms. The van der Waals surface area contributed by atoms with E-state index in [1.165, 1.54) is 24.0 Å². The Kier molecular flexibility index (Phi) is 4.46. The van der Waals surface area contributed by atoms with Crippen LogP contribution in [0.5, 0.6) is 5.75 Å². The van der Waals surface area contributed by atoms with Gasteiger partial charge in [0.05, 0.1) is 12.3 Å². The Morgan fingerprint density at radius 3 is 3.00 bits per heavy atom. The fraction of sp³-hybridized carbons (Fsp3) is 0.231. The number of rotatable bonds is 5. The summed E-state index contributed by atoms with van der Waals surface area (Å²) in [5.41, 5.74) is 6.27. The van der Waals surface area contributed by atoms with Crippen LogP contribution in [-0.4, -0.2) is 16.6 Å². The van der Waals surface area contributed by atoms with Crippen LogP contribution in [-0.2, 0) is 0 Å². The third-order valence-electron chi connectivity index (χ3n) is 2.31. The van der Waals surface area contributed by atoms with Gasteiger partial charge >= 0.3 is 0 Å². The molecule has 1 aromatic carbocycles. The molecule has 0 bridgehead atoms. The summed E-state index contributed by atoms with van der Waals surface area (Å²) in [5, 5.41) is 0.540. The minimum absolute atomic E-state index is 0.171. The minimum Gasteiger partial charge on any atom is -0.491 e. The molecule has 0 saturated carbocycles. The fourth-order valence-electron chi connectivity index (χ4n) is 1.43. The van der Waals surface area contributed by atoms with E-state index in [2.05, 4.69) is 9.97 Å². The van der Waals surface area contributed by atoms with Gasteiger partial charge in [-0.1, -0.05) is 18.7 Å². The predicted molar refractivity (Wildman–Crippen MR) is 75.6 cm³/mol. The second-order valence-corrected chi connectivity index (χ2v) is 4.95. The number of nitrogens with one attached hydrogen (secondary N) is 1. The molecule has 0 radical (unpaired) electrons. The molecule has 1 heterocycles. The van der Waals surface area contributed by atoms with Gasteiger partial charge < -0.3 is 15.5 Å². The fourth-order valence-corrected chi connectivity index (χ4v) is 2.22. The average Bonchev–Trinajstić information content (AvgIpc) is 2.39. The summed E-state index contributed by atoms with van der Waals surface area (Å²) in [7, 11) is 0. The predicted octanol–water partition coefficient (Wildman–Crippen LogP) is 2.29. The number of benzene rings is 1. The molecular weight excluding hydrogens is 262 g/mol. The molecule has 2 rings (SSSR count). The SMILES string of the molecule is CCCOc1cc(Sc2nccc(=O)[nH]2)ccc1N. The summed E-state index contributed by atoms with van der Waals surface area (Å²) >= 11 is 1.36. The zero-order valence-corrected chi connectivity index (χ0v) is 11.4. The number of nitrogens with two attached hydrogens (primary N) is 1. The van der Waals surface area contributed by atoms with Gasteiger partial charge in [-0.3, -0.25) is 4.79 Å². The lowest BCUT2D eigenvalue weighted by molar-refractivity contribution is 0.318. The maximum Gasteiger partial charge on any atom is 0.251 e. The highest BCUT2D eigenvalue weighted by Crippen LogP contribution is 2.31. The zero-order chi connectivity index (χ0) is 13.7. The van der Waals surface area contributed by atoms with Crippen LogP contribution in [0.25, 0.3) is 0 Å². The van der Waals surface area contributed by atoms with Gasteiger partial charge in [-0.25, -0.2) is 4.98 Å². The van der Waals surface area contributed by atoms with Crippen LogP contribution >= 0.6 is 11.8 Å². The van der Waals surface area contributed by atoms with Crippen LogP contribution < -0.4 is 16.0 Å². The number of ether oxygens (including phenoxy) is 1. The number of aromatic nitrogens is 2. The van der Waals surface area contributed by atoms with E-state index < -0.39 is 0 Å². The highest BCUT2D eigenvalue weighted by atomic mass is 32.2. The summed E-state index contributed by atoms with van der Waals surface area (Å²) in [6, 6.07) is 6.88. The first-order valence-corrected chi connectivity index (χ1v) is 6.76. The maximum atomic E-state index is 11.2. The third kappa shape index (κ3) is 3.75. The van der Waals surface area contributed by atoms with E-state index in [0.29, 0.717) is 23.2 Å². The summed E-state index contributed by atoms with van der Waals surface area (Å²) in [5.74, 6) is 0.658. The Morgan fingerprint density at radius 2 is 2.26 bits per heavy atom. The lowest BCUT2D eigenvalue weighted by Gasteiger charge is -2.09. The number of hydrogen-bond acceptors (Lipinski definition) is 5. The standard InChI is InChI=1S/C13H15N3O2S/c1-2-7-18-11-8-9(3-4-10(11)14)19-13-15-6-5-12(17)16-13/h3-6,8H,2,7,14H2,1H3,(H,15,16,17). The van der Waals surface area contributed by atoms with Crippen molar-refractivity contribution in [1.82, 2.24) is 9.97 Å². The molecule has 0 unspecified atom stereocenters.